The van der Waals surface area contributed by atoms with E-state index in [9.17, 15) is 0 Å². The van der Waals surface area contributed by atoms with Gasteiger partial charge < -0.3 is 15.8 Å². The molecular formula is C12H16N4O. The Kier molecular flexibility index (Phi) is 2.60. The largest absolute Gasteiger partial charge is 0.397 e. The summed E-state index contributed by atoms with van der Waals surface area (Å²) in [6.07, 6.45) is 3.84. The number of nitrogens with two attached hydrogens (primary N) is 1. The molecule has 0 unspecified atom stereocenters. The first kappa shape index (κ1) is 10.4. The number of nitrogens with one attached hydrogen (secondary N) is 2. The highest BCUT2D eigenvalue weighted by molar-refractivity contribution is 5.88. The number of nitrogen functional groups attached to an aromatic ring is 1. The maximum atomic E-state index is 6.03. The second kappa shape index (κ2) is 4.25. The number of hydrogen-bond acceptors (Lipinski definition) is 4. The number of rotatable bonds is 2. The highest BCUT2D eigenvalue weighted by atomic mass is 16.5. The highest BCUT2D eigenvalue weighted by Crippen LogP contribution is 2.26. The van der Waals surface area contributed by atoms with Gasteiger partial charge in [0, 0.05) is 24.6 Å². The molecule has 1 saturated heterocycles. The van der Waals surface area contributed by atoms with Crippen LogP contribution in [0.5, 0.6) is 0 Å². The number of aromatic nitrogens is 2. The molecule has 2 heterocycles. The fourth-order valence-electron chi connectivity index (χ4n) is 2.20. The molecule has 1 aliphatic heterocycles. The summed E-state index contributed by atoms with van der Waals surface area (Å²) in [4.78, 5) is 0. The Labute approximate surface area is 99.3 Å². The molecule has 2 aromatic rings. The van der Waals surface area contributed by atoms with Crippen molar-refractivity contribution in [2.45, 2.75) is 18.9 Å². The lowest BCUT2D eigenvalue weighted by molar-refractivity contribution is 0.0904. The van der Waals surface area contributed by atoms with Gasteiger partial charge in [-0.05, 0) is 25.0 Å². The quantitative estimate of drug-likeness (QED) is 0.689. The summed E-state index contributed by atoms with van der Waals surface area (Å²) >= 11 is 0. The SMILES string of the molecule is Nc1cc2cn[nH]c2cc1NC1CCOCC1. The number of hydrogen-bond donors (Lipinski definition) is 3. The van der Waals surface area contributed by atoms with Gasteiger partial charge in [0.1, 0.15) is 0 Å². The van der Waals surface area contributed by atoms with Gasteiger partial charge in [0.2, 0.25) is 0 Å². The van der Waals surface area contributed by atoms with Crippen molar-refractivity contribution in [3.8, 4) is 0 Å². The van der Waals surface area contributed by atoms with Crippen LogP contribution in [0.15, 0.2) is 18.3 Å². The van der Waals surface area contributed by atoms with Gasteiger partial charge in [-0.3, -0.25) is 5.10 Å². The topological polar surface area (TPSA) is 76.0 Å². The lowest BCUT2D eigenvalue weighted by Gasteiger charge is -2.24. The summed E-state index contributed by atoms with van der Waals surface area (Å²) in [5, 5.41) is 11.5. The summed E-state index contributed by atoms with van der Waals surface area (Å²) < 4.78 is 5.34. The molecule has 17 heavy (non-hydrogen) atoms. The van der Waals surface area contributed by atoms with Crippen molar-refractivity contribution in [1.82, 2.24) is 10.2 Å². The molecule has 0 bridgehead atoms. The predicted octanol–water partition coefficient (Wildman–Crippen LogP) is 1.74. The maximum Gasteiger partial charge on any atom is 0.0672 e. The van der Waals surface area contributed by atoms with E-state index < -0.39 is 0 Å². The van der Waals surface area contributed by atoms with Gasteiger partial charge in [-0.1, -0.05) is 0 Å². The molecule has 4 N–H and O–H groups in total. The first-order chi connectivity index (χ1) is 8.33. The number of fused-ring (bicyclic) bond motifs is 1. The van der Waals surface area contributed by atoms with Crippen molar-refractivity contribution in [2.24, 2.45) is 0 Å². The average Bonchev–Trinajstić information content (AvgIpc) is 2.78. The van der Waals surface area contributed by atoms with Crippen LogP contribution in [0, 0.1) is 0 Å². The van der Waals surface area contributed by atoms with E-state index in [-0.39, 0.29) is 0 Å². The first-order valence-electron chi connectivity index (χ1n) is 5.90. The Bertz CT molecular complexity index is 516. The standard InChI is InChI=1S/C12H16N4O/c13-10-5-8-7-14-16-11(8)6-12(10)15-9-1-3-17-4-2-9/h5-7,9,15H,1-4,13H2,(H,14,16). The lowest BCUT2D eigenvalue weighted by Crippen LogP contribution is -2.28. The number of anilines is 2. The van der Waals surface area contributed by atoms with Gasteiger partial charge in [-0.2, -0.15) is 5.10 Å². The third kappa shape index (κ3) is 2.06. The van der Waals surface area contributed by atoms with Gasteiger partial charge in [0.05, 0.1) is 23.1 Å². The molecule has 3 rings (SSSR count). The van der Waals surface area contributed by atoms with E-state index in [4.69, 9.17) is 10.5 Å². The fourth-order valence-corrected chi connectivity index (χ4v) is 2.20. The van der Waals surface area contributed by atoms with E-state index in [1.54, 1.807) is 6.20 Å². The van der Waals surface area contributed by atoms with Gasteiger partial charge in [0.15, 0.2) is 0 Å². The molecule has 0 amide bonds. The second-order valence-electron chi connectivity index (χ2n) is 4.43. The summed E-state index contributed by atoms with van der Waals surface area (Å²) in [6.45, 7) is 1.65. The molecule has 5 nitrogen and oxygen atoms in total. The number of nitrogens with zero attached hydrogens (tertiary/aromatic N) is 1. The van der Waals surface area contributed by atoms with Gasteiger partial charge in [-0.15, -0.1) is 0 Å². The van der Waals surface area contributed by atoms with Crippen molar-refractivity contribution in [3.63, 3.8) is 0 Å². The zero-order chi connectivity index (χ0) is 11.7. The normalized spacial score (nSPS) is 17.4. The molecule has 1 aromatic heterocycles. The van der Waals surface area contributed by atoms with Gasteiger partial charge in [0.25, 0.3) is 0 Å². The molecule has 5 heteroatoms. The minimum absolute atomic E-state index is 0.450. The van der Waals surface area contributed by atoms with E-state index in [0.29, 0.717) is 6.04 Å². The molecule has 0 aliphatic carbocycles. The molecule has 1 fully saturated rings. The van der Waals surface area contributed by atoms with Crippen LogP contribution in [-0.2, 0) is 4.74 Å². The van der Waals surface area contributed by atoms with Crippen LogP contribution in [0.2, 0.25) is 0 Å². The third-order valence-electron chi connectivity index (χ3n) is 3.19. The van der Waals surface area contributed by atoms with E-state index in [0.717, 1.165) is 48.3 Å². The summed E-state index contributed by atoms with van der Waals surface area (Å²) in [7, 11) is 0. The van der Waals surface area contributed by atoms with Crippen molar-refractivity contribution in [1.29, 1.82) is 0 Å². The highest BCUT2D eigenvalue weighted by Gasteiger charge is 2.14. The minimum atomic E-state index is 0.450. The average molecular weight is 232 g/mol. The zero-order valence-corrected chi connectivity index (χ0v) is 9.57. The fraction of sp³-hybridized carbons (Fsp3) is 0.417. The number of H-pyrrole nitrogens is 1. The first-order valence-corrected chi connectivity index (χ1v) is 5.90. The molecule has 0 saturated carbocycles. The van der Waals surface area contributed by atoms with E-state index in [1.165, 1.54) is 0 Å². The predicted molar refractivity (Wildman–Crippen MR) is 68.0 cm³/mol. The summed E-state index contributed by atoms with van der Waals surface area (Å²) in [5.41, 5.74) is 8.78. The lowest BCUT2D eigenvalue weighted by atomic mass is 10.1. The Morgan fingerprint density at radius 1 is 1.35 bits per heavy atom. The van der Waals surface area contributed by atoms with E-state index in [2.05, 4.69) is 15.5 Å². The van der Waals surface area contributed by atoms with Crippen LogP contribution in [0.4, 0.5) is 11.4 Å². The molecule has 0 radical (unpaired) electrons. The van der Waals surface area contributed by atoms with Crippen LogP contribution < -0.4 is 11.1 Å². The van der Waals surface area contributed by atoms with E-state index >= 15 is 0 Å². The Morgan fingerprint density at radius 3 is 3.00 bits per heavy atom. The van der Waals surface area contributed by atoms with Crippen LogP contribution in [0.25, 0.3) is 10.9 Å². The third-order valence-corrected chi connectivity index (χ3v) is 3.19. The Morgan fingerprint density at radius 2 is 2.18 bits per heavy atom. The van der Waals surface area contributed by atoms with Crippen LogP contribution in [0.1, 0.15) is 12.8 Å². The van der Waals surface area contributed by atoms with E-state index in [1.807, 2.05) is 12.1 Å². The summed E-state index contributed by atoms with van der Waals surface area (Å²) in [5.74, 6) is 0. The van der Waals surface area contributed by atoms with Crippen LogP contribution in [0.3, 0.4) is 0 Å². The molecule has 0 atom stereocenters. The Balaban J connectivity index is 1.85. The summed E-state index contributed by atoms with van der Waals surface area (Å²) in [6, 6.07) is 4.42. The molecular weight excluding hydrogens is 216 g/mol. The number of ether oxygens (including phenoxy) is 1. The molecule has 1 aliphatic rings. The van der Waals surface area contributed by atoms with Crippen LogP contribution >= 0.6 is 0 Å². The van der Waals surface area contributed by atoms with Gasteiger partial charge in [-0.25, -0.2) is 0 Å². The number of aromatic amines is 1. The molecule has 0 spiro atoms. The molecule has 1 aromatic carbocycles. The Hall–Kier alpha value is -1.75. The van der Waals surface area contributed by atoms with Crippen molar-refractivity contribution in [3.05, 3.63) is 18.3 Å². The second-order valence-corrected chi connectivity index (χ2v) is 4.43. The van der Waals surface area contributed by atoms with Crippen LogP contribution in [-0.4, -0.2) is 29.5 Å². The monoisotopic (exact) mass is 232 g/mol. The smallest absolute Gasteiger partial charge is 0.0672 e. The zero-order valence-electron chi connectivity index (χ0n) is 9.57. The minimum Gasteiger partial charge on any atom is -0.397 e. The number of benzene rings is 1. The van der Waals surface area contributed by atoms with Crippen molar-refractivity contribution >= 4 is 22.3 Å². The van der Waals surface area contributed by atoms with Crippen molar-refractivity contribution in [2.75, 3.05) is 24.3 Å². The maximum absolute atomic E-state index is 6.03. The van der Waals surface area contributed by atoms with Crippen molar-refractivity contribution < 1.29 is 4.74 Å². The van der Waals surface area contributed by atoms with Gasteiger partial charge >= 0.3 is 0 Å². The molecule has 90 valence electrons.